The molecule has 2 aliphatic rings. The Bertz CT molecular complexity index is 1690. The van der Waals surface area contributed by atoms with E-state index in [-0.39, 0.29) is 35.6 Å². The van der Waals surface area contributed by atoms with Crippen LogP contribution in [-0.2, 0) is 32.1 Å². The van der Waals surface area contributed by atoms with Crippen molar-refractivity contribution >= 4 is 73.2 Å². The Morgan fingerprint density at radius 1 is 0.659 bits per heavy atom. The van der Waals surface area contributed by atoms with Crippen molar-refractivity contribution in [2.75, 3.05) is 0 Å². The second-order valence-electron chi connectivity index (χ2n) is 13.7. The molecule has 2 aliphatic carbocycles. The molecule has 228 valence electrons. The zero-order valence-electron chi connectivity index (χ0n) is 26.2. The summed E-state index contributed by atoms with van der Waals surface area (Å²) in [6.07, 6.45) is 8.23. The van der Waals surface area contributed by atoms with Crippen LogP contribution in [0.4, 0.5) is 0 Å². The molecular formula is C39H40Cl2I2Zr. The predicted molar refractivity (Wildman–Crippen MR) is 209 cm³/mol. The summed E-state index contributed by atoms with van der Waals surface area (Å²) in [4.78, 5) is 0. The summed E-state index contributed by atoms with van der Waals surface area (Å²) in [5, 5.41) is 0. The zero-order chi connectivity index (χ0) is 29.8. The largest absolute Gasteiger partial charge is 0.147 e. The van der Waals surface area contributed by atoms with Gasteiger partial charge in [-0.3, -0.25) is 0 Å². The molecule has 0 atom stereocenters. The van der Waals surface area contributed by atoms with Gasteiger partial charge >= 0.3 is 290 Å². The van der Waals surface area contributed by atoms with E-state index in [1.165, 1.54) is 40.5 Å². The topological polar surface area (TPSA) is 0 Å². The number of benzene rings is 4. The maximum Gasteiger partial charge on any atom is -0.147 e. The summed E-state index contributed by atoms with van der Waals surface area (Å²) in [5.74, 6) is 0. The number of hydrogen-bond acceptors (Lipinski definition) is 0. The van der Waals surface area contributed by atoms with Crippen LogP contribution in [0.3, 0.4) is 0 Å². The molecule has 0 spiro atoms. The third kappa shape index (κ3) is 7.18. The van der Waals surface area contributed by atoms with E-state index in [0.29, 0.717) is 3.63 Å². The van der Waals surface area contributed by atoms with Crippen molar-refractivity contribution < 1.29 is 21.3 Å². The molecule has 0 fully saturated rings. The van der Waals surface area contributed by atoms with E-state index in [1.807, 2.05) is 0 Å². The quantitative estimate of drug-likeness (QED) is 0.179. The van der Waals surface area contributed by atoms with Crippen LogP contribution in [-0.4, -0.2) is 3.21 Å². The van der Waals surface area contributed by atoms with Crippen molar-refractivity contribution in [3.63, 3.8) is 0 Å². The van der Waals surface area contributed by atoms with Crippen molar-refractivity contribution in [3.8, 4) is 11.1 Å². The molecule has 0 bridgehead atoms. The van der Waals surface area contributed by atoms with Crippen molar-refractivity contribution in [1.29, 1.82) is 0 Å². The first-order valence-corrected chi connectivity index (χ1v) is 20.9. The minimum absolute atomic E-state index is 0. The van der Waals surface area contributed by atoms with Gasteiger partial charge in [-0.1, -0.05) is 0 Å². The molecule has 0 saturated carbocycles. The van der Waals surface area contributed by atoms with E-state index < -0.39 is 21.3 Å². The van der Waals surface area contributed by atoms with Crippen molar-refractivity contribution in [2.24, 2.45) is 0 Å². The predicted octanol–water partition coefficient (Wildman–Crippen LogP) is 12.1. The summed E-state index contributed by atoms with van der Waals surface area (Å²) in [5.41, 5.74) is 11.9. The molecule has 0 aromatic heterocycles. The normalized spacial score (nSPS) is 13.9. The number of halogens is 4. The maximum atomic E-state index is 2.53. The van der Waals surface area contributed by atoms with Gasteiger partial charge in [0.05, 0.1) is 0 Å². The molecule has 0 heterocycles. The van der Waals surface area contributed by atoms with Crippen LogP contribution < -0.4 is 0 Å². The summed E-state index contributed by atoms with van der Waals surface area (Å²) in [6.45, 7) is 14.0. The Hall–Kier alpha value is -0.847. The monoisotopic (exact) mass is 922 g/mol. The molecule has 0 aliphatic heterocycles. The van der Waals surface area contributed by atoms with Crippen LogP contribution in [0, 0.1) is 7.14 Å². The van der Waals surface area contributed by atoms with E-state index in [1.54, 1.807) is 17.6 Å². The fraction of sp³-hybridized carbons (Fsp3) is 0.256. The zero-order valence-corrected chi connectivity index (χ0v) is 34.6. The number of allylic oxidation sites excluding steroid dienone is 4. The standard InChI is InChI=1S/C21H25.C13H8I2.C5H5.2ClH.Zr/c1-20(2,3)16-9-7-14-11-15-8-10-17(21(4,5)6)13-19(15)18(14)12-16;14-12-5-1-3-10(8-12)7-11-4-2-6-13(15)9-11;1-2-4-5-3-1;;;/h7-13H,1-6H3;1-6,8-9H;1-3H,4H2;2*1H;. The number of rotatable bonds is 4. The number of fused-ring (bicyclic) bond motifs is 3. The van der Waals surface area contributed by atoms with Crippen molar-refractivity contribution in [3.05, 3.63) is 147 Å². The number of hydrogen-bond donors (Lipinski definition) is 0. The van der Waals surface area contributed by atoms with Gasteiger partial charge < -0.3 is 0 Å². The Kier molecular flexibility index (Phi) is 11.5. The Morgan fingerprint density at radius 2 is 1.14 bits per heavy atom. The smallest absolute Gasteiger partial charge is 0.147 e. The van der Waals surface area contributed by atoms with Gasteiger partial charge in [-0.2, -0.15) is 0 Å². The summed E-state index contributed by atoms with van der Waals surface area (Å²) in [6, 6.07) is 33.4. The van der Waals surface area contributed by atoms with E-state index in [9.17, 15) is 0 Å². The van der Waals surface area contributed by atoms with E-state index >= 15 is 0 Å². The molecule has 4 aromatic carbocycles. The Balaban J connectivity index is 0.00000221. The van der Waals surface area contributed by atoms with E-state index in [0.717, 1.165) is 6.42 Å². The van der Waals surface area contributed by atoms with Gasteiger partial charge in [-0.05, 0) is 0 Å². The van der Waals surface area contributed by atoms with Crippen LogP contribution in [0.2, 0.25) is 0 Å². The Labute approximate surface area is 311 Å². The second kappa shape index (κ2) is 14.1. The van der Waals surface area contributed by atoms with Crippen LogP contribution in [0.15, 0.2) is 106 Å². The van der Waals surface area contributed by atoms with Crippen LogP contribution in [0.1, 0.15) is 85.0 Å². The summed E-state index contributed by atoms with van der Waals surface area (Å²) < 4.78 is 6.33. The van der Waals surface area contributed by atoms with Gasteiger partial charge in [0.25, 0.3) is 0 Å². The first kappa shape index (κ1) is 36.0. The fourth-order valence-corrected chi connectivity index (χ4v) is 16.5. The molecule has 0 radical (unpaired) electrons. The molecular weight excluding hydrogens is 884 g/mol. The van der Waals surface area contributed by atoms with Crippen molar-refractivity contribution in [1.82, 2.24) is 0 Å². The van der Waals surface area contributed by atoms with E-state index in [2.05, 4.69) is 190 Å². The van der Waals surface area contributed by atoms with Gasteiger partial charge in [-0.15, -0.1) is 24.8 Å². The van der Waals surface area contributed by atoms with Gasteiger partial charge in [0.15, 0.2) is 0 Å². The third-order valence-electron chi connectivity index (χ3n) is 8.65. The molecule has 6 rings (SSSR count). The molecule has 44 heavy (non-hydrogen) atoms. The summed E-state index contributed by atoms with van der Waals surface area (Å²) in [7, 11) is 0. The van der Waals surface area contributed by atoms with Crippen LogP contribution in [0.5, 0.6) is 0 Å². The molecule has 0 N–H and O–H groups in total. The van der Waals surface area contributed by atoms with Crippen LogP contribution >= 0.6 is 70.0 Å². The first-order valence-electron chi connectivity index (χ1n) is 14.8. The molecule has 0 saturated heterocycles. The average molecular weight is 925 g/mol. The molecule has 0 unspecified atom stereocenters. The first-order chi connectivity index (χ1) is 19.9. The third-order valence-corrected chi connectivity index (χ3v) is 18.3. The fourth-order valence-electron chi connectivity index (χ4n) is 6.40. The van der Waals surface area contributed by atoms with Gasteiger partial charge in [0.2, 0.25) is 0 Å². The summed E-state index contributed by atoms with van der Waals surface area (Å²) >= 11 is 2.30. The molecule has 5 heteroatoms. The van der Waals surface area contributed by atoms with Gasteiger partial charge in [0, 0.05) is 0 Å². The van der Waals surface area contributed by atoms with Crippen LogP contribution in [0.25, 0.3) is 11.1 Å². The maximum absolute atomic E-state index is 2.68. The SMILES string of the molecule is CC(C)(C)c1ccc2c(c1)-c1cc(C(C)(C)C)ccc1[CH]2[Zr]([C]1=CC=CC1)=[C](c1cccc(I)c1)c1cccc(I)c1.Cl.Cl. The molecule has 0 amide bonds. The molecule has 0 nitrogen and oxygen atoms in total. The average Bonchev–Trinajstić information content (AvgIpc) is 3.57. The minimum atomic E-state index is -2.68. The minimum Gasteiger partial charge on any atom is -0.147 e. The Morgan fingerprint density at radius 3 is 1.52 bits per heavy atom. The van der Waals surface area contributed by atoms with E-state index in [4.69, 9.17) is 0 Å². The molecule has 4 aromatic rings. The second-order valence-corrected chi connectivity index (χ2v) is 22.4. The van der Waals surface area contributed by atoms with Gasteiger partial charge in [-0.25, -0.2) is 0 Å². The van der Waals surface area contributed by atoms with Gasteiger partial charge in [0.1, 0.15) is 0 Å². The van der Waals surface area contributed by atoms with Crippen molar-refractivity contribution in [2.45, 2.75) is 62.4 Å².